The fraction of sp³-hybridized carbons (Fsp3) is 0.640. The number of carbonyl (C=O) groups excluding carboxylic acids is 3. The van der Waals surface area contributed by atoms with E-state index in [0.29, 0.717) is 16.4 Å². The zero-order chi connectivity index (χ0) is 26.3. The van der Waals surface area contributed by atoms with Crippen molar-refractivity contribution >= 4 is 74.9 Å². The summed E-state index contributed by atoms with van der Waals surface area (Å²) in [5.74, 6) is -3.04. The number of carbonyl (C=O) groups is 3. The predicted octanol–water partition coefficient (Wildman–Crippen LogP) is 3.98. The lowest BCUT2D eigenvalue weighted by Gasteiger charge is -2.53. The van der Waals surface area contributed by atoms with Crippen LogP contribution in [0.1, 0.15) is 50.9 Å². The molecule has 4 heterocycles. The van der Waals surface area contributed by atoms with Gasteiger partial charge in [0.05, 0.1) is 25.9 Å². The molecule has 1 aromatic carbocycles. The molecule has 0 saturated carbocycles. The Kier molecular flexibility index (Phi) is 6.81. The van der Waals surface area contributed by atoms with Gasteiger partial charge in [0.15, 0.2) is 12.2 Å². The van der Waals surface area contributed by atoms with E-state index in [-0.39, 0.29) is 33.7 Å². The van der Waals surface area contributed by atoms with Crippen molar-refractivity contribution in [3.63, 3.8) is 0 Å². The Morgan fingerprint density at radius 1 is 1.11 bits per heavy atom. The first kappa shape index (κ1) is 26.8. The van der Waals surface area contributed by atoms with Crippen LogP contribution >= 0.6 is 56.9 Å². The molecule has 5 rings (SSSR count). The van der Waals surface area contributed by atoms with Crippen LogP contribution < -0.4 is 0 Å². The summed E-state index contributed by atoms with van der Waals surface area (Å²) in [7, 11) is 2.09. The van der Waals surface area contributed by atoms with Crippen LogP contribution in [0.25, 0.3) is 0 Å². The van der Waals surface area contributed by atoms with Crippen molar-refractivity contribution in [2.24, 2.45) is 11.8 Å². The van der Waals surface area contributed by atoms with E-state index >= 15 is 0 Å². The molecule has 1 N–H and O–H groups in total. The molecule has 11 heteroatoms. The lowest BCUT2D eigenvalue weighted by Crippen LogP contribution is -2.60. The summed E-state index contributed by atoms with van der Waals surface area (Å²) < 4.78 is 18.8. The molecule has 196 valence electrons. The van der Waals surface area contributed by atoms with Crippen molar-refractivity contribution in [3.8, 4) is 5.75 Å². The Labute approximate surface area is 241 Å². The fourth-order valence-corrected chi connectivity index (χ4v) is 10.1. The number of aromatic hydroxyl groups is 1. The number of nitrogens with zero attached hydrogens (tertiary/aromatic N) is 1. The average molecular weight is 741 g/mol. The van der Waals surface area contributed by atoms with E-state index in [4.69, 9.17) is 14.2 Å². The van der Waals surface area contributed by atoms with Crippen molar-refractivity contribution in [2.75, 3.05) is 7.05 Å². The molecule has 6 atom stereocenters. The van der Waals surface area contributed by atoms with Crippen LogP contribution in [0.4, 0.5) is 0 Å². The summed E-state index contributed by atoms with van der Waals surface area (Å²) in [5.41, 5.74) is -0.258. The van der Waals surface area contributed by atoms with Crippen molar-refractivity contribution in [1.29, 1.82) is 0 Å². The number of phenols is 1. The van der Waals surface area contributed by atoms with Gasteiger partial charge < -0.3 is 19.3 Å². The van der Waals surface area contributed by atoms with Gasteiger partial charge in [-0.3, -0.25) is 14.5 Å². The third-order valence-corrected chi connectivity index (χ3v) is 11.4. The minimum absolute atomic E-state index is 0.0508. The zero-order valence-corrected chi connectivity index (χ0v) is 25.7. The number of rotatable bonds is 4. The highest BCUT2D eigenvalue weighted by Crippen LogP contribution is 2.59. The summed E-state index contributed by atoms with van der Waals surface area (Å²) in [6.07, 6.45) is -0.285. The van der Waals surface area contributed by atoms with Crippen molar-refractivity contribution in [3.05, 3.63) is 24.8 Å². The summed E-state index contributed by atoms with van der Waals surface area (Å²) in [4.78, 5) is 41.7. The highest BCUT2D eigenvalue weighted by atomic mass is 127. The van der Waals surface area contributed by atoms with Gasteiger partial charge in [-0.05, 0) is 92.1 Å². The number of likely N-dealkylation sites (tertiary alicyclic amines) is 1. The summed E-state index contributed by atoms with van der Waals surface area (Å²) in [5, 5.41) is 9.72. The van der Waals surface area contributed by atoms with E-state index in [1.54, 1.807) is 12.1 Å². The topological polar surface area (TPSA) is 102 Å². The number of hydrogen-bond donors (Lipinski definition) is 1. The molecule has 4 aliphatic rings. The van der Waals surface area contributed by atoms with Gasteiger partial charge >= 0.3 is 17.9 Å². The molecule has 4 aliphatic heterocycles. The Hall–Kier alpha value is -0.800. The first-order chi connectivity index (χ1) is 16.7. The Bertz CT molecular complexity index is 1120. The quantitative estimate of drug-likeness (QED) is 0.279. The van der Waals surface area contributed by atoms with Crippen molar-refractivity contribution in [2.45, 2.75) is 80.4 Å². The summed E-state index contributed by atoms with van der Waals surface area (Å²) in [6.45, 7) is 8.55. The lowest BCUT2D eigenvalue weighted by molar-refractivity contribution is -0.167. The second-order valence-electron chi connectivity index (χ2n) is 11.3. The van der Waals surface area contributed by atoms with E-state index in [2.05, 4.69) is 62.2 Å². The molecule has 2 bridgehead atoms. The number of fused-ring (bicyclic) bond motifs is 1. The molecule has 4 saturated heterocycles. The molecular weight excluding hydrogens is 712 g/mol. The summed E-state index contributed by atoms with van der Waals surface area (Å²) >= 11 is 5.49. The monoisotopic (exact) mass is 741 g/mol. The van der Waals surface area contributed by atoms with Gasteiger partial charge in [-0.25, -0.2) is 4.79 Å². The molecule has 6 unspecified atom stereocenters. The molecule has 36 heavy (non-hydrogen) atoms. The second kappa shape index (κ2) is 9.15. The van der Waals surface area contributed by atoms with Crippen molar-refractivity contribution < 1.29 is 33.7 Å². The van der Waals surface area contributed by atoms with E-state index in [0.717, 1.165) is 3.57 Å². The zero-order valence-electron chi connectivity index (χ0n) is 20.6. The largest absolute Gasteiger partial charge is 0.506 e. The first-order valence-corrected chi connectivity index (χ1v) is 15.0. The number of benzene rings is 1. The molecule has 0 spiro atoms. The number of hydrogen-bond acceptors (Lipinski definition) is 9. The number of ether oxygens (including phenoxy) is 3. The van der Waals surface area contributed by atoms with E-state index < -0.39 is 47.2 Å². The minimum atomic E-state index is -0.784. The number of esters is 3. The van der Waals surface area contributed by atoms with Crippen LogP contribution in [0, 0.1) is 19.0 Å². The molecule has 0 amide bonds. The van der Waals surface area contributed by atoms with E-state index in [1.807, 2.05) is 22.6 Å². The van der Waals surface area contributed by atoms with Crippen LogP contribution in [0.3, 0.4) is 0 Å². The maximum Gasteiger partial charge on any atom is 0.342 e. The van der Waals surface area contributed by atoms with Gasteiger partial charge in [-0.1, -0.05) is 0 Å². The Balaban J connectivity index is 1.36. The molecule has 0 aliphatic carbocycles. The minimum Gasteiger partial charge on any atom is -0.506 e. The van der Waals surface area contributed by atoms with Gasteiger partial charge in [0.25, 0.3) is 0 Å². The van der Waals surface area contributed by atoms with Crippen LogP contribution in [0.5, 0.6) is 5.75 Å². The third kappa shape index (κ3) is 4.33. The van der Waals surface area contributed by atoms with Crippen LogP contribution in [-0.4, -0.2) is 74.9 Å². The van der Waals surface area contributed by atoms with Gasteiger partial charge in [0, 0.05) is 27.5 Å². The molecule has 1 aromatic rings. The van der Waals surface area contributed by atoms with Crippen LogP contribution in [-0.2, 0) is 23.8 Å². The Morgan fingerprint density at radius 2 is 1.75 bits per heavy atom. The van der Waals surface area contributed by atoms with E-state index in [1.165, 1.54) is 11.8 Å². The number of phenolic OH excluding ortho intramolecular Hbond substituents is 1. The smallest absolute Gasteiger partial charge is 0.342 e. The highest BCUT2D eigenvalue weighted by Gasteiger charge is 2.71. The maximum atomic E-state index is 13.5. The molecule has 0 aromatic heterocycles. The number of thioether (sulfide) groups is 1. The predicted molar refractivity (Wildman–Crippen MR) is 150 cm³/mol. The maximum absolute atomic E-state index is 13.5. The Morgan fingerprint density at radius 3 is 2.39 bits per heavy atom. The lowest BCUT2D eigenvalue weighted by atomic mass is 9.77. The fourth-order valence-electron chi connectivity index (χ4n) is 6.25. The highest BCUT2D eigenvalue weighted by molar-refractivity contribution is 14.1. The molecular formula is C25H29I2NO7S. The normalized spacial score (nSPS) is 34.5. The SMILES string of the molecule is CN1C(C)(C)CC(OC(=O)C2C3SC4C(OC(=O)C42)C3OC(=O)c2cc(I)cc(I)c2O)CC1(C)C. The molecule has 8 nitrogen and oxygen atoms in total. The van der Waals surface area contributed by atoms with Gasteiger partial charge in [0.2, 0.25) is 0 Å². The van der Waals surface area contributed by atoms with Crippen LogP contribution in [0.15, 0.2) is 12.1 Å². The molecule has 0 radical (unpaired) electrons. The van der Waals surface area contributed by atoms with Crippen molar-refractivity contribution in [1.82, 2.24) is 4.90 Å². The van der Waals surface area contributed by atoms with Gasteiger partial charge in [-0.15, -0.1) is 11.8 Å². The van der Waals surface area contributed by atoms with E-state index in [9.17, 15) is 19.5 Å². The average Bonchev–Trinajstić information content (AvgIpc) is 3.37. The summed E-state index contributed by atoms with van der Waals surface area (Å²) in [6, 6.07) is 3.31. The molecule has 4 fully saturated rings. The second-order valence-corrected chi connectivity index (χ2v) is 15.1. The van der Waals surface area contributed by atoms with Crippen LogP contribution in [0.2, 0.25) is 0 Å². The number of halogens is 2. The number of piperidine rings is 1. The van der Waals surface area contributed by atoms with Gasteiger partial charge in [-0.2, -0.15) is 0 Å². The standard InChI is InChI=1S/C25H29I2NO7S/c1-24(2)8-11(9-25(3,4)28(24)5)33-22(31)14-15-20-18(35-23(15)32)17(19(14)36-20)34-21(30)12-6-10(26)7-13(27)16(12)29/h6-7,11,14-15,17-20,29H,8-9H2,1-5H3. The first-order valence-electron chi connectivity index (χ1n) is 11.9. The van der Waals surface area contributed by atoms with Gasteiger partial charge in [0.1, 0.15) is 17.4 Å². The third-order valence-electron chi connectivity index (χ3n) is 8.22.